The smallest absolute Gasteiger partial charge is 0.144 e. The number of hydrogen-bond donors (Lipinski definition) is 0. The van der Waals surface area contributed by atoms with Crippen LogP contribution in [0.2, 0.25) is 0 Å². The molecule has 0 aromatic carbocycles. The van der Waals surface area contributed by atoms with Gasteiger partial charge in [0.25, 0.3) is 0 Å². The molecular weight excluding hydrogens is 416 g/mol. The van der Waals surface area contributed by atoms with Gasteiger partial charge in [0.15, 0.2) is 0 Å². The molecule has 0 aliphatic heterocycles. The van der Waals surface area contributed by atoms with Crippen LogP contribution in [0.25, 0.3) is 0 Å². The Hall–Kier alpha value is 2.23. The van der Waals surface area contributed by atoms with Crippen LogP contribution in [0.4, 0.5) is 0 Å². The second kappa shape index (κ2) is 7.86. The first-order chi connectivity index (χ1) is 4.29. The van der Waals surface area contributed by atoms with E-state index in [1.807, 2.05) is 0 Å². The molecule has 1 nitrogen and oxygen atoms in total. The topological polar surface area (TPSA) is 23.1 Å². The second-order valence-electron chi connectivity index (χ2n) is 1.49. The van der Waals surface area contributed by atoms with E-state index < -0.39 is 11.2 Å². The van der Waals surface area contributed by atoms with Gasteiger partial charge in [-0.3, -0.25) is 0 Å². The van der Waals surface area contributed by atoms with Crippen molar-refractivity contribution in [3.05, 3.63) is 0 Å². The first kappa shape index (κ1) is 14.7. The Labute approximate surface area is 98.4 Å². The zero-order valence-electron chi connectivity index (χ0n) is 5.54. The van der Waals surface area contributed by atoms with E-state index >= 15 is 0 Å². The van der Waals surface area contributed by atoms with E-state index in [0.717, 1.165) is 5.33 Å². The van der Waals surface area contributed by atoms with Crippen molar-refractivity contribution in [2.24, 2.45) is 0 Å². The summed E-state index contributed by atoms with van der Waals surface area (Å²) in [5, 5.41) is 0.833. The molecule has 0 fully saturated rings. The van der Waals surface area contributed by atoms with Crippen molar-refractivity contribution in [2.45, 2.75) is 2.14 Å². The Morgan fingerprint density at radius 2 is 1.40 bits per heavy atom. The van der Waals surface area contributed by atoms with Gasteiger partial charge in [0.2, 0.25) is 0 Å². The third-order valence-electron chi connectivity index (χ3n) is 0.152. The first-order valence-corrected chi connectivity index (χ1v) is 7.64. The van der Waals surface area contributed by atoms with Crippen molar-refractivity contribution in [3.8, 4) is 0 Å². The molecule has 0 N–H and O–H groups in total. The van der Waals surface area contributed by atoms with Crippen LogP contribution < -0.4 is 0 Å². The number of rotatable bonds is 0. The second-order valence-corrected chi connectivity index (χ2v) is 10.8. The van der Waals surface area contributed by atoms with Gasteiger partial charge in [-0.2, -0.15) is 0 Å². The molecule has 0 aliphatic rings. The number of hydrogen-bond acceptors (Lipinski definition) is 1. The predicted octanol–water partition coefficient (Wildman–Crippen LogP) is 3.21. The summed E-state index contributed by atoms with van der Waals surface area (Å²) in [5.41, 5.74) is 0. The highest BCUT2D eigenvalue weighted by atomic mass is 80.0. The highest BCUT2D eigenvalue weighted by Crippen LogP contribution is 2.34. The fraction of sp³-hybridized carbons (Fsp3) is 1.00. The quantitative estimate of drug-likeness (QED) is 0.433. The molecule has 0 saturated heterocycles. The number of alkyl halides is 4. The summed E-state index contributed by atoms with van der Waals surface area (Å²) in [6.07, 6.45) is 3.28. The van der Waals surface area contributed by atoms with E-state index in [2.05, 4.69) is 63.7 Å². The van der Waals surface area contributed by atoms with Crippen LogP contribution in [0, 0.1) is 0 Å². The molecular formula is C4H8Br4OS. The Morgan fingerprint density at radius 3 is 1.40 bits per heavy atom. The minimum atomic E-state index is -0.611. The Balaban J connectivity index is 0. The Bertz CT molecular complexity index is 69.4. The average molecular weight is 424 g/mol. The van der Waals surface area contributed by atoms with Gasteiger partial charge in [0.05, 0.1) is 12.5 Å². The van der Waals surface area contributed by atoms with Crippen molar-refractivity contribution in [1.82, 2.24) is 0 Å². The molecule has 10 heavy (non-hydrogen) atoms. The van der Waals surface area contributed by atoms with Crippen molar-refractivity contribution < 1.29 is 4.55 Å². The van der Waals surface area contributed by atoms with Gasteiger partial charge in [0, 0.05) is 5.33 Å². The molecule has 0 radical (unpaired) electrons. The fourth-order valence-corrected chi connectivity index (χ4v) is 0. The molecule has 0 spiro atoms. The summed E-state index contributed by atoms with van der Waals surface area (Å²) in [7, 11) is 0. The summed E-state index contributed by atoms with van der Waals surface area (Å²) in [4.78, 5) is 0. The van der Waals surface area contributed by atoms with Crippen LogP contribution in [-0.4, -0.2) is 24.5 Å². The minimum Gasteiger partial charge on any atom is -0.617 e. The van der Waals surface area contributed by atoms with Crippen molar-refractivity contribution in [2.75, 3.05) is 17.8 Å². The summed E-state index contributed by atoms with van der Waals surface area (Å²) in [5.74, 6) is 0. The van der Waals surface area contributed by atoms with E-state index in [4.69, 9.17) is 0 Å². The minimum absolute atomic E-state index is 0.104. The first-order valence-electron chi connectivity index (χ1n) is 2.17. The predicted molar refractivity (Wildman–Crippen MR) is 63.3 cm³/mol. The lowest BCUT2D eigenvalue weighted by molar-refractivity contribution is 0.606. The Kier molecular flexibility index (Phi) is 11.6. The van der Waals surface area contributed by atoms with Gasteiger partial charge in [0.1, 0.15) is 2.14 Å². The van der Waals surface area contributed by atoms with Crippen molar-refractivity contribution in [1.29, 1.82) is 0 Å². The third kappa shape index (κ3) is 31.9. The van der Waals surface area contributed by atoms with E-state index in [1.54, 1.807) is 12.5 Å². The molecule has 64 valence electrons. The SMILES string of the molecule is BrCC(Br)(Br)Br.C[S+](C)[O-]. The van der Waals surface area contributed by atoms with Crippen LogP contribution in [0.15, 0.2) is 0 Å². The van der Waals surface area contributed by atoms with Crippen LogP contribution in [0.5, 0.6) is 0 Å². The summed E-state index contributed by atoms with van der Waals surface area (Å²) in [6, 6.07) is 0. The summed E-state index contributed by atoms with van der Waals surface area (Å²) in [6.45, 7) is 0. The Morgan fingerprint density at radius 1 is 1.30 bits per heavy atom. The molecule has 0 unspecified atom stereocenters. The zero-order chi connectivity index (χ0) is 8.78. The summed E-state index contributed by atoms with van der Waals surface area (Å²) < 4.78 is 9.45. The molecule has 0 aliphatic carbocycles. The van der Waals surface area contributed by atoms with Crippen LogP contribution in [0.1, 0.15) is 0 Å². The third-order valence-corrected chi connectivity index (χ3v) is 4.09. The van der Waals surface area contributed by atoms with Gasteiger partial charge in [-0.1, -0.05) is 74.9 Å². The van der Waals surface area contributed by atoms with Crippen LogP contribution in [-0.2, 0) is 11.2 Å². The van der Waals surface area contributed by atoms with E-state index in [1.165, 1.54) is 0 Å². The van der Waals surface area contributed by atoms with Gasteiger partial charge >= 0.3 is 0 Å². The molecule has 0 saturated carbocycles. The lowest BCUT2D eigenvalue weighted by atomic mass is 11.0. The van der Waals surface area contributed by atoms with Gasteiger partial charge < -0.3 is 4.55 Å². The number of halogens is 4. The van der Waals surface area contributed by atoms with Crippen molar-refractivity contribution >= 4 is 74.9 Å². The molecule has 0 aromatic rings. The van der Waals surface area contributed by atoms with Crippen LogP contribution >= 0.6 is 63.7 Å². The molecule has 0 amide bonds. The maximum absolute atomic E-state index is 9.56. The van der Waals surface area contributed by atoms with Gasteiger partial charge in [-0.15, -0.1) is 0 Å². The zero-order valence-corrected chi connectivity index (χ0v) is 12.7. The standard InChI is InChI=1S/C2H2Br4.C2H6OS/c3-1-2(4,5)6;1-4(2)3/h1H2;1-2H3. The lowest BCUT2D eigenvalue weighted by Gasteiger charge is -2.03. The lowest BCUT2D eigenvalue weighted by Crippen LogP contribution is -1.97. The molecule has 6 heteroatoms. The van der Waals surface area contributed by atoms with Gasteiger partial charge in [-0.25, -0.2) is 0 Å². The molecule has 0 bridgehead atoms. The fourth-order valence-electron chi connectivity index (χ4n) is 0. The maximum atomic E-state index is 9.56. The normalized spacial score (nSPS) is 10.8. The molecule has 0 rings (SSSR count). The molecule has 0 atom stereocenters. The van der Waals surface area contributed by atoms with Gasteiger partial charge in [-0.05, 0) is 0 Å². The van der Waals surface area contributed by atoms with Crippen LogP contribution in [0.3, 0.4) is 0 Å². The monoisotopic (exact) mass is 420 g/mol. The largest absolute Gasteiger partial charge is 0.617 e. The maximum Gasteiger partial charge on any atom is 0.144 e. The highest BCUT2D eigenvalue weighted by Gasteiger charge is 2.13. The highest BCUT2D eigenvalue weighted by molar-refractivity contribution is 9.40. The summed E-state index contributed by atoms with van der Waals surface area (Å²) >= 11 is 12.4. The van der Waals surface area contributed by atoms with Crippen molar-refractivity contribution in [3.63, 3.8) is 0 Å². The molecule has 0 heterocycles. The van der Waals surface area contributed by atoms with E-state index in [9.17, 15) is 4.55 Å². The van der Waals surface area contributed by atoms with E-state index in [-0.39, 0.29) is 2.14 Å². The van der Waals surface area contributed by atoms with E-state index in [0.29, 0.717) is 0 Å². The molecule has 0 aromatic heterocycles. The average Bonchev–Trinajstić information content (AvgIpc) is 1.63.